The smallest absolute Gasteiger partial charge is 0.226 e. The van der Waals surface area contributed by atoms with E-state index >= 15 is 0 Å². The summed E-state index contributed by atoms with van der Waals surface area (Å²) < 4.78 is 0. The van der Waals surface area contributed by atoms with E-state index in [0.717, 1.165) is 26.1 Å². The Hall–Kier alpha value is -0.570. The van der Waals surface area contributed by atoms with Crippen molar-refractivity contribution in [1.29, 1.82) is 0 Å². The van der Waals surface area contributed by atoms with Crippen LogP contribution in [0.4, 0.5) is 0 Å². The van der Waals surface area contributed by atoms with Gasteiger partial charge in [-0.15, -0.1) is 0 Å². The first-order valence-corrected chi connectivity index (χ1v) is 7.95. The Morgan fingerprint density at radius 1 is 1.26 bits per heavy atom. The van der Waals surface area contributed by atoms with E-state index in [1.165, 1.54) is 25.7 Å². The number of piperidine rings is 1. The summed E-state index contributed by atoms with van der Waals surface area (Å²) >= 11 is 0. The highest BCUT2D eigenvalue weighted by molar-refractivity contribution is 5.83. The molecule has 19 heavy (non-hydrogen) atoms. The Bertz CT molecular complexity index is 365. The number of hydrogen-bond donors (Lipinski definition) is 1. The lowest BCUT2D eigenvalue weighted by atomic mass is 9.84. The largest absolute Gasteiger partial charge is 0.339 e. The number of amides is 1. The second-order valence-electron chi connectivity index (χ2n) is 7.92. The number of rotatable bonds is 1. The Morgan fingerprint density at radius 3 is 2.58 bits per heavy atom. The molecule has 0 bridgehead atoms. The first-order valence-electron chi connectivity index (χ1n) is 7.95. The fraction of sp³-hybridized carbons (Fsp3) is 0.938. The Morgan fingerprint density at radius 2 is 1.95 bits per heavy atom. The molecule has 2 saturated heterocycles. The van der Waals surface area contributed by atoms with E-state index < -0.39 is 0 Å². The van der Waals surface area contributed by atoms with E-state index in [2.05, 4.69) is 31.0 Å². The summed E-state index contributed by atoms with van der Waals surface area (Å²) in [5.41, 5.74) is 0.607. The molecule has 2 heterocycles. The number of nitrogens with one attached hydrogen (secondary N) is 1. The molecule has 0 aromatic carbocycles. The van der Waals surface area contributed by atoms with Gasteiger partial charge >= 0.3 is 0 Å². The average Bonchev–Trinajstić information content (AvgIpc) is 2.84. The van der Waals surface area contributed by atoms with Crippen LogP contribution >= 0.6 is 0 Å². The van der Waals surface area contributed by atoms with Gasteiger partial charge in [-0.1, -0.05) is 20.8 Å². The summed E-state index contributed by atoms with van der Waals surface area (Å²) in [6.45, 7) is 10.0. The maximum Gasteiger partial charge on any atom is 0.226 e. The number of carbonyl (C=O) groups excluding carboxylic acids is 1. The van der Waals surface area contributed by atoms with Gasteiger partial charge in [-0.2, -0.15) is 0 Å². The minimum atomic E-state index is 0.225. The second-order valence-corrected chi connectivity index (χ2v) is 7.92. The molecule has 2 unspecified atom stereocenters. The zero-order chi connectivity index (χ0) is 13.7. The summed E-state index contributed by atoms with van der Waals surface area (Å²) in [4.78, 5) is 15.1. The van der Waals surface area contributed by atoms with Gasteiger partial charge in [0.1, 0.15) is 0 Å². The zero-order valence-electron chi connectivity index (χ0n) is 12.7. The van der Waals surface area contributed by atoms with Gasteiger partial charge in [-0.05, 0) is 56.0 Å². The summed E-state index contributed by atoms with van der Waals surface area (Å²) in [6, 6.07) is 0.458. The molecule has 0 aromatic heterocycles. The van der Waals surface area contributed by atoms with Crippen LogP contribution in [0.1, 0.15) is 52.9 Å². The maximum atomic E-state index is 12.8. The molecule has 1 aliphatic carbocycles. The fourth-order valence-electron chi connectivity index (χ4n) is 4.31. The molecule has 2 aliphatic heterocycles. The Balaban J connectivity index is 1.68. The minimum Gasteiger partial charge on any atom is -0.339 e. The van der Waals surface area contributed by atoms with E-state index in [1.54, 1.807) is 0 Å². The van der Waals surface area contributed by atoms with Crippen molar-refractivity contribution in [2.75, 3.05) is 19.6 Å². The molecule has 0 aromatic rings. The molecule has 1 amide bonds. The van der Waals surface area contributed by atoms with Crippen molar-refractivity contribution < 1.29 is 4.79 Å². The molecular formula is C16H28N2O. The van der Waals surface area contributed by atoms with Gasteiger partial charge in [0.2, 0.25) is 5.91 Å². The summed E-state index contributed by atoms with van der Waals surface area (Å²) in [5, 5.41) is 3.42. The molecule has 1 saturated carbocycles. The van der Waals surface area contributed by atoms with Crippen LogP contribution in [0.2, 0.25) is 0 Å². The molecule has 1 spiro atoms. The van der Waals surface area contributed by atoms with E-state index in [4.69, 9.17) is 0 Å². The monoisotopic (exact) mass is 264 g/mol. The molecule has 3 aliphatic rings. The molecule has 3 rings (SSSR count). The predicted molar refractivity (Wildman–Crippen MR) is 76.8 cm³/mol. The third kappa shape index (κ3) is 2.31. The second kappa shape index (κ2) is 4.47. The topological polar surface area (TPSA) is 32.3 Å². The number of hydrogen-bond acceptors (Lipinski definition) is 2. The minimum absolute atomic E-state index is 0.225. The van der Waals surface area contributed by atoms with Gasteiger partial charge in [0.15, 0.2) is 0 Å². The number of nitrogens with zero attached hydrogens (tertiary/aromatic N) is 1. The van der Waals surface area contributed by atoms with Crippen LogP contribution in [-0.4, -0.2) is 36.5 Å². The van der Waals surface area contributed by atoms with Crippen LogP contribution in [0, 0.1) is 16.7 Å². The fourth-order valence-corrected chi connectivity index (χ4v) is 4.31. The van der Waals surface area contributed by atoms with Gasteiger partial charge in [0, 0.05) is 18.5 Å². The summed E-state index contributed by atoms with van der Waals surface area (Å²) in [6.07, 6.45) is 5.95. The lowest BCUT2D eigenvalue weighted by molar-refractivity contribution is -0.136. The van der Waals surface area contributed by atoms with Crippen LogP contribution < -0.4 is 5.32 Å². The van der Waals surface area contributed by atoms with Crippen molar-refractivity contribution in [3.63, 3.8) is 0 Å². The van der Waals surface area contributed by atoms with Crippen LogP contribution in [0.25, 0.3) is 0 Å². The lowest BCUT2D eigenvalue weighted by Gasteiger charge is -2.36. The van der Waals surface area contributed by atoms with Crippen LogP contribution in [0.3, 0.4) is 0 Å². The SMILES string of the molecule is CC(C)(C)C1CCCN1C(=O)C1CC12CCNCC2. The third-order valence-electron chi connectivity index (χ3n) is 5.62. The van der Waals surface area contributed by atoms with E-state index in [1.807, 2.05) is 0 Å². The van der Waals surface area contributed by atoms with Gasteiger partial charge < -0.3 is 10.2 Å². The molecule has 108 valence electrons. The zero-order valence-corrected chi connectivity index (χ0v) is 12.7. The summed E-state index contributed by atoms with van der Waals surface area (Å²) in [7, 11) is 0. The Kier molecular flexibility index (Phi) is 3.16. The van der Waals surface area contributed by atoms with Crippen molar-refractivity contribution in [1.82, 2.24) is 10.2 Å². The molecule has 3 heteroatoms. The highest BCUT2D eigenvalue weighted by Crippen LogP contribution is 2.59. The summed E-state index contributed by atoms with van der Waals surface area (Å²) in [5.74, 6) is 0.817. The first-order chi connectivity index (χ1) is 8.94. The van der Waals surface area contributed by atoms with E-state index in [9.17, 15) is 4.79 Å². The molecular weight excluding hydrogens is 236 g/mol. The predicted octanol–water partition coefficient (Wildman–Crippen LogP) is 2.41. The van der Waals surface area contributed by atoms with Crippen molar-refractivity contribution in [2.45, 2.75) is 58.9 Å². The molecule has 3 nitrogen and oxygen atoms in total. The first kappa shape index (κ1) is 13.4. The molecule has 3 fully saturated rings. The van der Waals surface area contributed by atoms with E-state index in [-0.39, 0.29) is 5.41 Å². The standard InChI is InChI=1S/C16H28N2O/c1-15(2,3)13-5-4-10-18(13)14(19)12-11-16(12)6-8-17-9-7-16/h12-13,17H,4-11H2,1-3H3. The maximum absolute atomic E-state index is 12.8. The molecule has 2 atom stereocenters. The lowest BCUT2D eigenvalue weighted by Crippen LogP contribution is -2.44. The van der Waals surface area contributed by atoms with Gasteiger partial charge in [0.25, 0.3) is 0 Å². The normalized spacial score (nSPS) is 33.7. The molecule has 0 radical (unpaired) electrons. The Labute approximate surface area is 117 Å². The van der Waals surface area contributed by atoms with Crippen molar-refractivity contribution >= 4 is 5.91 Å². The van der Waals surface area contributed by atoms with Crippen molar-refractivity contribution in [3.05, 3.63) is 0 Å². The van der Waals surface area contributed by atoms with Crippen LogP contribution in [-0.2, 0) is 4.79 Å². The van der Waals surface area contributed by atoms with E-state index in [0.29, 0.717) is 23.3 Å². The van der Waals surface area contributed by atoms with Crippen LogP contribution in [0.15, 0.2) is 0 Å². The third-order valence-corrected chi connectivity index (χ3v) is 5.62. The van der Waals surface area contributed by atoms with Gasteiger partial charge in [-0.3, -0.25) is 4.79 Å². The van der Waals surface area contributed by atoms with Gasteiger partial charge in [-0.25, -0.2) is 0 Å². The highest BCUT2D eigenvalue weighted by atomic mass is 16.2. The quantitative estimate of drug-likeness (QED) is 0.789. The van der Waals surface area contributed by atoms with Crippen molar-refractivity contribution in [2.24, 2.45) is 16.7 Å². The van der Waals surface area contributed by atoms with Crippen LogP contribution in [0.5, 0.6) is 0 Å². The average molecular weight is 264 g/mol. The number of carbonyl (C=O) groups is 1. The number of likely N-dealkylation sites (tertiary alicyclic amines) is 1. The molecule has 1 N–H and O–H groups in total. The highest BCUT2D eigenvalue weighted by Gasteiger charge is 2.59. The van der Waals surface area contributed by atoms with Crippen molar-refractivity contribution in [3.8, 4) is 0 Å². The van der Waals surface area contributed by atoms with Gasteiger partial charge in [0.05, 0.1) is 0 Å².